The fraction of sp³-hybridized carbons (Fsp3) is 0.400. The fourth-order valence-corrected chi connectivity index (χ4v) is 5.97. The zero-order chi connectivity index (χ0) is 20.5. The summed E-state index contributed by atoms with van der Waals surface area (Å²) in [6.45, 7) is 4.76. The first kappa shape index (κ1) is 21.0. The lowest BCUT2D eigenvalue weighted by atomic mass is 9.99. The van der Waals surface area contributed by atoms with Crippen LogP contribution in [0.1, 0.15) is 31.7 Å². The second-order valence-corrected chi connectivity index (χ2v) is 11.2. The van der Waals surface area contributed by atoms with Gasteiger partial charge in [-0.15, -0.1) is 0 Å². The highest BCUT2D eigenvalue weighted by molar-refractivity contribution is 7.89. The van der Waals surface area contributed by atoms with Gasteiger partial charge >= 0.3 is 0 Å². The van der Waals surface area contributed by atoms with E-state index in [0.29, 0.717) is 18.9 Å². The van der Waals surface area contributed by atoms with Gasteiger partial charge in [0.25, 0.3) is 0 Å². The lowest BCUT2D eigenvalue weighted by Gasteiger charge is -2.17. The predicted octanol–water partition coefficient (Wildman–Crippen LogP) is 2.78. The highest BCUT2D eigenvalue weighted by Crippen LogP contribution is 2.28. The van der Waals surface area contributed by atoms with Crippen LogP contribution < -0.4 is 5.14 Å². The average Bonchev–Trinajstić information content (AvgIpc) is 3.09. The Balaban J connectivity index is 1.75. The SMILES string of the molecule is CC(C)c1ccc(-c2ccc(S(=O)(=O)N3CCC(CS(N)(=O)=O)C3)cc2)cc1. The molecule has 2 N–H and O–H groups in total. The third kappa shape index (κ3) is 4.81. The van der Waals surface area contributed by atoms with Gasteiger partial charge in [-0.3, -0.25) is 0 Å². The Morgan fingerprint density at radius 2 is 1.50 bits per heavy atom. The molecule has 1 atom stereocenters. The molecular formula is C20H26N2O4S2. The fourth-order valence-electron chi connectivity index (χ4n) is 3.51. The summed E-state index contributed by atoms with van der Waals surface area (Å²) in [7, 11) is -7.25. The third-order valence-electron chi connectivity index (χ3n) is 5.12. The Kier molecular flexibility index (Phi) is 5.95. The van der Waals surface area contributed by atoms with Crippen molar-refractivity contribution in [2.45, 2.75) is 31.1 Å². The molecule has 6 nitrogen and oxygen atoms in total. The van der Waals surface area contributed by atoms with Crippen LogP contribution in [0.2, 0.25) is 0 Å². The summed E-state index contributed by atoms with van der Waals surface area (Å²) in [5.74, 6) is 0.00766. The predicted molar refractivity (Wildman–Crippen MR) is 111 cm³/mol. The minimum atomic E-state index is -3.65. The van der Waals surface area contributed by atoms with Gasteiger partial charge in [0.05, 0.1) is 10.6 Å². The van der Waals surface area contributed by atoms with Gasteiger partial charge < -0.3 is 0 Å². The van der Waals surface area contributed by atoms with Gasteiger partial charge in [-0.1, -0.05) is 50.2 Å². The van der Waals surface area contributed by atoms with E-state index < -0.39 is 20.0 Å². The van der Waals surface area contributed by atoms with E-state index in [1.165, 1.54) is 9.87 Å². The van der Waals surface area contributed by atoms with Gasteiger partial charge in [-0.05, 0) is 47.1 Å². The van der Waals surface area contributed by atoms with Crippen LogP contribution in [0.4, 0.5) is 0 Å². The number of sulfonamides is 2. The standard InChI is InChI=1S/C20H26N2O4S2/c1-15(2)17-3-5-18(6-4-17)19-7-9-20(10-8-19)28(25,26)22-12-11-16(13-22)14-27(21,23)24/h3-10,15-16H,11-14H2,1-2H3,(H2,21,23,24). The average molecular weight is 423 g/mol. The van der Waals surface area contributed by atoms with Crippen molar-refractivity contribution in [1.29, 1.82) is 0 Å². The number of rotatable bonds is 6. The molecule has 1 aliphatic heterocycles. The Hall–Kier alpha value is -1.74. The molecule has 28 heavy (non-hydrogen) atoms. The summed E-state index contributed by atoms with van der Waals surface area (Å²) in [6.07, 6.45) is 0.496. The molecule has 8 heteroatoms. The molecule has 0 aliphatic carbocycles. The molecule has 1 unspecified atom stereocenters. The van der Waals surface area contributed by atoms with Crippen molar-refractivity contribution >= 4 is 20.0 Å². The van der Waals surface area contributed by atoms with Crippen LogP contribution in [0, 0.1) is 5.92 Å². The summed E-state index contributed by atoms with van der Waals surface area (Å²) in [5, 5.41) is 5.08. The normalized spacial score (nSPS) is 18.6. The summed E-state index contributed by atoms with van der Waals surface area (Å²) in [5.41, 5.74) is 3.23. The van der Waals surface area contributed by atoms with Crippen LogP contribution in [0.5, 0.6) is 0 Å². The maximum absolute atomic E-state index is 12.9. The summed E-state index contributed by atoms with van der Waals surface area (Å²) in [6, 6.07) is 15.1. The van der Waals surface area contributed by atoms with Gasteiger partial charge in [-0.2, -0.15) is 4.31 Å². The Morgan fingerprint density at radius 3 is 2.00 bits per heavy atom. The van der Waals surface area contributed by atoms with Crippen LogP contribution in [0.25, 0.3) is 11.1 Å². The molecule has 2 aromatic carbocycles. The minimum absolute atomic E-state index is 0.178. The van der Waals surface area contributed by atoms with Crippen LogP contribution in [-0.2, 0) is 20.0 Å². The van der Waals surface area contributed by atoms with Crippen LogP contribution in [-0.4, -0.2) is 40.0 Å². The van der Waals surface area contributed by atoms with Crippen molar-refractivity contribution in [1.82, 2.24) is 4.31 Å². The maximum Gasteiger partial charge on any atom is 0.243 e. The Labute approximate surface area is 167 Å². The smallest absolute Gasteiger partial charge is 0.229 e. The van der Waals surface area contributed by atoms with Gasteiger partial charge in [0.1, 0.15) is 0 Å². The number of hydrogen-bond acceptors (Lipinski definition) is 4. The van der Waals surface area contributed by atoms with E-state index in [4.69, 9.17) is 5.14 Å². The maximum atomic E-state index is 12.9. The third-order valence-corrected chi connectivity index (χ3v) is 7.93. The van der Waals surface area contributed by atoms with E-state index in [-0.39, 0.29) is 23.1 Å². The van der Waals surface area contributed by atoms with E-state index in [1.807, 2.05) is 12.1 Å². The highest BCUT2D eigenvalue weighted by Gasteiger charge is 2.34. The van der Waals surface area contributed by atoms with Crippen LogP contribution in [0.3, 0.4) is 0 Å². The largest absolute Gasteiger partial charge is 0.243 e. The van der Waals surface area contributed by atoms with Gasteiger partial charge in [0, 0.05) is 13.1 Å². The van der Waals surface area contributed by atoms with Crippen molar-refractivity contribution < 1.29 is 16.8 Å². The first-order valence-corrected chi connectivity index (χ1v) is 12.4. The molecule has 3 rings (SSSR count). The number of nitrogens with zero attached hydrogens (tertiary/aromatic N) is 1. The molecule has 0 saturated carbocycles. The molecular weight excluding hydrogens is 396 g/mol. The molecule has 1 heterocycles. The summed E-state index contributed by atoms with van der Waals surface area (Å²) in [4.78, 5) is 0.214. The Bertz CT molecular complexity index is 1030. The van der Waals surface area contributed by atoms with E-state index in [2.05, 4.69) is 26.0 Å². The number of primary sulfonamides is 1. The van der Waals surface area contributed by atoms with E-state index >= 15 is 0 Å². The second kappa shape index (κ2) is 7.94. The van der Waals surface area contributed by atoms with Crippen molar-refractivity contribution in [3.63, 3.8) is 0 Å². The first-order chi connectivity index (χ1) is 13.1. The molecule has 1 fully saturated rings. The molecule has 0 spiro atoms. The number of nitrogens with two attached hydrogens (primary N) is 1. The van der Waals surface area contributed by atoms with Crippen molar-refractivity contribution in [2.75, 3.05) is 18.8 Å². The Morgan fingerprint density at radius 1 is 0.964 bits per heavy atom. The lowest BCUT2D eigenvalue weighted by Crippen LogP contribution is -2.30. The second-order valence-electron chi connectivity index (χ2n) is 7.65. The van der Waals surface area contributed by atoms with Crippen molar-refractivity contribution in [3.05, 3.63) is 54.1 Å². The quantitative estimate of drug-likeness (QED) is 0.774. The van der Waals surface area contributed by atoms with Crippen molar-refractivity contribution in [3.8, 4) is 11.1 Å². The first-order valence-electron chi connectivity index (χ1n) is 9.27. The lowest BCUT2D eigenvalue weighted by molar-refractivity contribution is 0.463. The molecule has 2 aromatic rings. The van der Waals surface area contributed by atoms with E-state index in [0.717, 1.165) is 11.1 Å². The molecule has 1 saturated heterocycles. The van der Waals surface area contributed by atoms with Crippen molar-refractivity contribution in [2.24, 2.45) is 11.1 Å². The van der Waals surface area contributed by atoms with E-state index in [9.17, 15) is 16.8 Å². The molecule has 0 aromatic heterocycles. The van der Waals surface area contributed by atoms with Crippen LogP contribution in [0.15, 0.2) is 53.4 Å². The van der Waals surface area contributed by atoms with E-state index in [1.54, 1.807) is 24.3 Å². The molecule has 0 bridgehead atoms. The van der Waals surface area contributed by atoms with Gasteiger partial charge in [-0.25, -0.2) is 22.0 Å². The monoisotopic (exact) mass is 422 g/mol. The molecule has 0 amide bonds. The molecule has 1 aliphatic rings. The highest BCUT2D eigenvalue weighted by atomic mass is 32.2. The van der Waals surface area contributed by atoms with Gasteiger partial charge in [0.2, 0.25) is 20.0 Å². The minimum Gasteiger partial charge on any atom is -0.229 e. The topological polar surface area (TPSA) is 97.5 Å². The van der Waals surface area contributed by atoms with Crippen LogP contribution >= 0.6 is 0 Å². The summed E-state index contributed by atoms with van der Waals surface area (Å²) < 4.78 is 49.6. The van der Waals surface area contributed by atoms with Gasteiger partial charge in [0.15, 0.2) is 0 Å². The number of benzene rings is 2. The zero-order valence-electron chi connectivity index (χ0n) is 16.1. The zero-order valence-corrected chi connectivity index (χ0v) is 17.7. The molecule has 0 radical (unpaired) electrons. The molecule has 152 valence electrons. The number of hydrogen-bond donors (Lipinski definition) is 1. The summed E-state index contributed by atoms with van der Waals surface area (Å²) >= 11 is 0.